The summed E-state index contributed by atoms with van der Waals surface area (Å²) in [5.41, 5.74) is 11.1. The zero-order valence-corrected chi connectivity index (χ0v) is 26.1. The smallest absolute Gasteiger partial charge is 0.161 e. The minimum Gasteiger partial charge on any atom is -0.400 e. The minimum atomic E-state index is -0.808. The molecule has 0 bridgehead atoms. The van der Waals surface area contributed by atoms with E-state index in [0.717, 1.165) is 76.2 Å². The van der Waals surface area contributed by atoms with E-state index in [1.807, 2.05) is 19.1 Å². The summed E-state index contributed by atoms with van der Waals surface area (Å²) in [6.07, 6.45) is 3.05. The van der Waals surface area contributed by atoms with Crippen molar-refractivity contribution in [1.82, 2.24) is 4.90 Å². The largest absolute Gasteiger partial charge is 0.400 e. The van der Waals surface area contributed by atoms with E-state index >= 15 is 8.78 Å². The highest BCUT2D eigenvalue weighted by molar-refractivity contribution is 5.84. The molecule has 0 amide bonds. The molecule has 0 saturated carbocycles. The summed E-state index contributed by atoms with van der Waals surface area (Å²) < 4.78 is 30.9. The van der Waals surface area contributed by atoms with E-state index in [1.54, 1.807) is 30.3 Å². The maximum atomic E-state index is 15.6. The number of hydrogen-bond acceptors (Lipinski definition) is 7. The van der Waals surface area contributed by atoms with Crippen molar-refractivity contribution in [3.63, 3.8) is 0 Å². The third kappa shape index (κ3) is 8.67. The number of carbonyl (C=O) groups is 1. The second kappa shape index (κ2) is 17.3. The Morgan fingerprint density at radius 3 is 2.07 bits per heavy atom. The number of likely N-dealkylation sites (tertiary alicyclic amines) is 1. The van der Waals surface area contributed by atoms with Gasteiger partial charge in [0.05, 0.1) is 11.3 Å². The van der Waals surface area contributed by atoms with Gasteiger partial charge in [0.15, 0.2) is 5.82 Å². The highest BCUT2D eigenvalue weighted by Gasteiger charge is 2.21. The molecule has 9 heteroatoms. The second-order valence-corrected chi connectivity index (χ2v) is 10.6. The average Bonchev–Trinajstić information content (AvgIpc) is 3.08. The van der Waals surface area contributed by atoms with Gasteiger partial charge in [0.1, 0.15) is 17.8 Å². The van der Waals surface area contributed by atoms with Crippen LogP contribution in [-0.2, 0) is 6.54 Å². The van der Waals surface area contributed by atoms with E-state index in [9.17, 15) is 4.79 Å². The van der Waals surface area contributed by atoms with Crippen LogP contribution in [-0.4, -0.2) is 62.0 Å². The van der Waals surface area contributed by atoms with Crippen LogP contribution in [0, 0.1) is 24.5 Å². The number of rotatable bonds is 9. The van der Waals surface area contributed by atoms with Gasteiger partial charge in [-0.2, -0.15) is 0 Å². The average molecular weight is 617 g/mol. The molecule has 0 spiro atoms. The Bertz CT molecular complexity index is 1550. The molecule has 0 aromatic heterocycles. The van der Waals surface area contributed by atoms with Crippen LogP contribution in [0.25, 0.3) is 22.3 Å². The van der Waals surface area contributed by atoms with Crippen molar-refractivity contribution in [2.45, 2.75) is 26.3 Å². The molecule has 7 nitrogen and oxygen atoms in total. The number of nitrogens with one attached hydrogen (secondary N) is 1. The third-order valence-corrected chi connectivity index (χ3v) is 7.94. The maximum absolute atomic E-state index is 15.6. The molecule has 5 N–H and O–H groups in total. The minimum absolute atomic E-state index is 0.0958. The lowest BCUT2D eigenvalue weighted by Gasteiger charge is -2.31. The van der Waals surface area contributed by atoms with E-state index in [1.165, 1.54) is 11.6 Å². The summed E-state index contributed by atoms with van der Waals surface area (Å²) >= 11 is 0. The van der Waals surface area contributed by atoms with E-state index in [-0.39, 0.29) is 16.9 Å². The molecule has 0 unspecified atom stereocenters. The van der Waals surface area contributed by atoms with Gasteiger partial charge in [0, 0.05) is 38.1 Å². The van der Waals surface area contributed by atoms with Gasteiger partial charge in [-0.25, -0.2) is 8.78 Å². The molecule has 4 aromatic carbocycles. The first-order valence-corrected chi connectivity index (χ1v) is 14.7. The van der Waals surface area contributed by atoms with E-state index in [2.05, 4.69) is 46.2 Å². The lowest BCUT2D eigenvalue weighted by atomic mass is 9.96. The van der Waals surface area contributed by atoms with Crippen LogP contribution in [0.4, 0.5) is 25.8 Å². The number of aliphatic imine (C=N–C) groups is 1. The van der Waals surface area contributed by atoms with Gasteiger partial charge in [-0.15, -0.1) is 0 Å². The number of anilines is 2. The first-order valence-electron chi connectivity index (χ1n) is 14.7. The number of aliphatic hydroxyl groups is 2. The number of nitrogens with zero attached hydrogens (tertiary/aromatic N) is 2. The summed E-state index contributed by atoms with van der Waals surface area (Å²) in [4.78, 5) is 17.6. The van der Waals surface area contributed by atoms with Gasteiger partial charge in [-0.05, 0) is 92.0 Å². The molecule has 1 fully saturated rings. The highest BCUT2D eigenvalue weighted by atomic mass is 19.1. The number of halogens is 2. The molecular formula is C36H42F2N4O3. The summed E-state index contributed by atoms with van der Waals surface area (Å²) in [6, 6.07) is 21.9. The van der Waals surface area contributed by atoms with Crippen LogP contribution in [0.5, 0.6) is 0 Å². The van der Waals surface area contributed by atoms with Gasteiger partial charge in [-0.3, -0.25) is 14.7 Å². The Hall–Kier alpha value is -4.28. The predicted octanol–water partition coefficient (Wildman–Crippen LogP) is 6.88. The van der Waals surface area contributed by atoms with Gasteiger partial charge in [0.25, 0.3) is 0 Å². The zero-order chi connectivity index (χ0) is 32.9. The number of nitrogens with two attached hydrogens (primary N) is 1. The molecule has 1 saturated heterocycles. The van der Waals surface area contributed by atoms with Crippen molar-refractivity contribution in [3.05, 3.63) is 101 Å². The maximum Gasteiger partial charge on any atom is 0.161 e. The Kier molecular flexibility index (Phi) is 13.5. The molecule has 0 aliphatic carbocycles. The highest BCUT2D eigenvalue weighted by Crippen LogP contribution is 2.39. The number of aliphatic hydroxyl groups excluding tert-OH is 2. The number of hydrogen-bond donors (Lipinski definition) is 4. The number of piperidine rings is 1. The predicted molar refractivity (Wildman–Crippen MR) is 180 cm³/mol. The van der Waals surface area contributed by atoms with Gasteiger partial charge < -0.3 is 21.3 Å². The Labute approximate surface area is 264 Å². The van der Waals surface area contributed by atoms with Crippen molar-refractivity contribution >= 4 is 30.1 Å². The molecule has 238 valence electrons. The van der Waals surface area contributed by atoms with Gasteiger partial charge >= 0.3 is 0 Å². The second-order valence-electron chi connectivity index (χ2n) is 10.6. The zero-order valence-electron chi connectivity index (χ0n) is 26.1. The van der Waals surface area contributed by atoms with Crippen molar-refractivity contribution in [1.29, 1.82) is 0 Å². The summed E-state index contributed by atoms with van der Waals surface area (Å²) in [5.74, 6) is -0.894. The van der Waals surface area contributed by atoms with Crippen LogP contribution in [0.15, 0.2) is 77.8 Å². The molecule has 1 aliphatic rings. The molecule has 45 heavy (non-hydrogen) atoms. The lowest BCUT2D eigenvalue weighted by Crippen LogP contribution is -2.35. The standard InChI is InChI=1S/C34H34F2N4O.2CH4O/c1-22-3-12-29(17-28(22)21-41)39-31-18-30(35)32(33(36)34(31)38-2)27-10-8-26(9-11-27)25-6-4-24(5-7-25)20-40-15-13-23(19-37)14-16-40;2*1-2/h3-12,17-18,21,23,39H,2,13-16,19-20,37H2,1H3;2*2H,1H3. The quantitative estimate of drug-likeness (QED) is 0.121. The summed E-state index contributed by atoms with van der Waals surface area (Å²) in [6.45, 7) is 9.15. The van der Waals surface area contributed by atoms with Crippen molar-refractivity contribution in [2.24, 2.45) is 16.6 Å². The Balaban J connectivity index is 0.00000133. The van der Waals surface area contributed by atoms with Crippen molar-refractivity contribution in [2.75, 3.05) is 39.2 Å². The van der Waals surface area contributed by atoms with Crippen LogP contribution >= 0.6 is 0 Å². The number of aryl methyl sites for hydroxylation is 1. The Morgan fingerprint density at radius 1 is 0.933 bits per heavy atom. The van der Waals surface area contributed by atoms with E-state index in [0.29, 0.717) is 22.7 Å². The van der Waals surface area contributed by atoms with Crippen LogP contribution in [0.2, 0.25) is 0 Å². The fourth-order valence-corrected chi connectivity index (χ4v) is 5.39. The molecule has 0 radical (unpaired) electrons. The summed E-state index contributed by atoms with van der Waals surface area (Å²) in [7, 11) is 2.00. The fraction of sp³-hybridized carbons (Fsp3) is 0.278. The fourth-order valence-electron chi connectivity index (χ4n) is 5.39. The van der Waals surface area contributed by atoms with Gasteiger partial charge in [0.2, 0.25) is 0 Å². The molecule has 1 aliphatic heterocycles. The van der Waals surface area contributed by atoms with Crippen LogP contribution in [0.1, 0.15) is 34.3 Å². The molecule has 0 atom stereocenters. The number of benzene rings is 4. The van der Waals surface area contributed by atoms with Crippen molar-refractivity contribution in [3.8, 4) is 22.3 Å². The van der Waals surface area contributed by atoms with Crippen molar-refractivity contribution < 1.29 is 23.8 Å². The topological polar surface area (TPSA) is 111 Å². The molecule has 5 rings (SSSR count). The van der Waals surface area contributed by atoms with Crippen LogP contribution in [0.3, 0.4) is 0 Å². The third-order valence-electron chi connectivity index (χ3n) is 7.94. The molecule has 4 aromatic rings. The monoisotopic (exact) mass is 616 g/mol. The molecule has 1 heterocycles. The van der Waals surface area contributed by atoms with Gasteiger partial charge in [-0.1, -0.05) is 54.6 Å². The Morgan fingerprint density at radius 2 is 1.51 bits per heavy atom. The number of aldehydes is 1. The SMILES string of the molecule is C=Nc1c(Nc2ccc(C)c(C=O)c2)cc(F)c(-c2ccc(-c3ccc(CN4CCC(CN)CC4)cc3)cc2)c1F.CO.CO. The number of carbonyl (C=O) groups excluding carboxylic acids is 1. The summed E-state index contributed by atoms with van der Waals surface area (Å²) in [5, 5.41) is 17.0. The first kappa shape index (κ1) is 35.2. The normalized spacial score (nSPS) is 13.2. The van der Waals surface area contributed by atoms with Crippen LogP contribution < -0.4 is 11.1 Å². The lowest BCUT2D eigenvalue weighted by molar-refractivity contribution is 0.112. The van der Waals surface area contributed by atoms with E-state index < -0.39 is 11.6 Å². The first-order chi connectivity index (χ1) is 21.9. The molecular weight excluding hydrogens is 574 g/mol. The van der Waals surface area contributed by atoms with E-state index in [4.69, 9.17) is 15.9 Å².